The largest absolute Gasteiger partial charge is 0.449 e. The maximum atomic E-state index is 12.2. The molecule has 0 aromatic heterocycles. The predicted molar refractivity (Wildman–Crippen MR) is 81.4 cm³/mol. The van der Waals surface area contributed by atoms with Gasteiger partial charge in [0, 0.05) is 7.05 Å². The van der Waals surface area contributed by atoms with Crippen molar-refractivity contribution in [1.82, 2.24) is 10.6 Å². The van der Waals surface area contributed by atoms with Crippen LogP contribution in [0.3, 0.4) is 0 Å². The Labute approximate surface area is 127 Å². The fourth-order valence-corrected chi connectivity index (χ4v) is 1.96. The van der Waals surface area contributed by atoms with Gasteiger partial charge in [-0.2, -0.15) is 0 Å². The molecule has 114 valence electrons. The number of hydrogen-bond acceptors (Lipinski definition) is 4. The highest BCUT2D eigenvalue weighted by Crippen LogP contribution is 2.19. The van der Waals surface area contributed by atoms with Crippen molar-refractivity contribution in [3.05, 3.63) is 48.0 Å². The Kier molecular flexibility index (Phi) is 4.73. The summed E-state index contributed by atoms with van der Waals surface area (Å²) in [5.74, 6) is -1.30. The van der Waals surface area contributed by atoms with Crippen molar-refractivity contribution >= 4 is 28.7 Å². The first kappa shape index (κ1) is 15.5. The van der Waals surface area contributed by atoms with Crippen LogP contribution in [0.4, 0.5) is 4.79 Å². The van der Waals surface area contributed by atoms with Crippen molar-refractivity contribution in [3.8, 4) is 0 Å². The molecule has 0 aliphatic heterocycles. The molecule has 2 rings (SSSR count). The fourth-order valence-electron chi connectivity index (χ4n) is 1.96. The van der Waals surface area contributed by atoms with E-state index in [0.29, 0.717) is 5.56 Å². The lowest BCUT2D eigenvalue weighted by Gasteiger charge is -2.13. The van der Waals surface area contributed by atoms with E-state index in [1.165, 1.54) is 14.0 Å². The Morgan fingerprint density at radius 1 is 1.05 bits per heavy atom. The lowest BCUT2D eigenvalue weighted by atomic mass is 10.0. The van der Waals surface area contributed by atoms with Crippen LogP contribution in [-0.2, 0) is 9.53 Å². The van der Waals surface area contributed by atoms with Gasteiger partial charge in [-0.05, 0) is 23.8 Å². The van der Waals surface area contributed by atoms with Crippen LogP contribution in [-0.4, -0.2) is 31.1 Å². The third-order valence-electron chi connectivity index (χ3n) is 3.13. The summed E-state index contributed by atoms with van der Waals surface area (Å²) in [5.41, 5.74) is 0.373. The van der Waals surface area contributed by atoms with Crippen molar-refractivity contribution in [2.75, 3.05) is 7.05 Å². The predicted octanol–water partition coefficient (Wildman–Crippen LogP) is 1.84. The summed E-state index contributed by atoms with van der Waals surface area (Å²) in [6, 6.07) is 12.0. The van der Waals surface area contributed by atoms with E-state index in [2.05, 4.69) is 10.6 Å². The van der Waals surface area contributed by atoms with Crippen LogP contribution in [0.5, 0.6) is 0 Å². The van der Waals surface area contributed by atoms with Crippen LogP contribution in [0.2, 0.25) is 0 Å². The Balaban J connectivity index is 2.14. The number of hydrogen-bond donors (Lipinski definition) is 2. The quantitative estimate of drug-likeness (QED) is 0.847. The molecule has 0 radical (unpaired) electrons. The average Bonchev–Trinajstić information content (AvgIpc) is 2.53. The number of fused-ring (bicyclic) bond motifs is 1. The molecule has 2 aromatic rings. The number of carbonyl (C=O) groups excluding carboxylic acids is 3. The SMILES string of the molecule is CNC(=O)NC(=O)C(C)OC(=O)c1cccc2ccccc12. The van der Waals surface area contributed by atoms with Crippen LogP contribution in [0.25, 0.3) is 10.8 Å². The molecule has 0 fully saturated rings. The molecule has 1 unspecified atom stereocenters. The average molecular weight is 300 g/mol. The van der Waals surface area contributed by atoms with E-state index < -0.39 is 24.0 Å². The van der Waals surface area contributed by atoms with E-state index >= 15 is 0 Å². The zero-order valence-corrected chi connectivity index (χ0v) is 12.3. The fraction of sp³-hybridized carbons (Fsp3) is 0.188. The normalized spacial score (nSPS) is 11.5. The number of ether oxygens (including phenoxy) is 1. The highest BCUT2D eigenvalue weighted by atomic mass is 16.5. The van der Waals surface area contributed by atoms with Gasteiger partial charge in [0.05, 0.1) is 5.56 Å². The number of amides is 3. The highest BCUT2D eigenvalue weighted by Gasteiger charge is 2.21. The maximum Gasteiger partial charge on any atom is 0.339 e. The minimum Gasteiger partial charge on any atom is -0.449 e. The number of rotatable bonds is 3. The summed E-state index contributed by atoms with van der Waals surface area (Å²) in [6.45, 7) is 1.40. The summed E-state index contributed by atoms with van der Waals surface area (Å²) in [4.78, 5) is 35.0. The third kappa shape index (κ3) is 3.41. The summed E-state index contributed by atoms with van der Waals surface area (Å²) in [6.07, 6.45) is -1.08. The molecule has 2 aromatic carbocycles. The second-order valence-electron chi connectivity index (χ2n) is 4.64. The van der Waals surface area contributed by atoms with E-state index in [1.54, 1.807) is 18.2 Å². The molecule has 0 bridgehead atoms. The van der Waals surface area contributed by atoms with Crippen molar-refractivity contribution in [1.29, 1.82) is 0 Å². The molecule has 3 amide bonds. The molecule has 22 heavy (non-hydrogen) atoms. The van der Waals surface area contributed by atoms with Crippen LogP contribution in [0.15, 0.2) is 42.5 Å². The van der Waals surface area contributed by atoms with E-state index in [4.69, 9.17) is 4.74 Å². The zero-order valence-electron chi connectivity index (χ0n) is 12.3. The van der Waals surface area contributed by atoms with Crippen LogP contribution >= 0.6 is 0 Å². The molecule has 0 aliphatic rings. The molecule has 2 N–H and O–H groups in total. The first-order valence-electron chi connectivity index (χ1n) is 6.74. The summed E-state index contributed by atoms with van der Waals surface area (Å²) < 4.78 is 5.12. The van der Waals surface area contributed by atoms with Gasteiger partial charge >= 0.3 is 12.0 Å². The number of carbonyl (C=O) groups is 3. The summed E-state index contributed by atoms with van der Waals surface area (Å²) >= 11 is 0. The van der Waals surface area contributed by atoms with Crippen molar-refractivity contribution in [3.63, 3.8) is 0 Å². The first-order valence-corrected chi connectivity index (χ1v) is 6.74. The minimum absolute atomic E-state index is 0.373. The summed E-state index contributed by atoms with van der Waals surface area (Å²) in [5, 5.41) is 5.95. The van der Waals surface area contributed by atoms with Gasteiger partial charge in [0.25, 0.3) is 5.91 Å². The van der Waals surface area contributed by atoms with Gasteiger partial charge in [-0.1, -0.05) is 36.4 Å². The number of esters is 1. The van der Waals surface area contributed by atoms with Crippen molar-refractivity contribution < 1.29 is 19.1 Å². The smallest absolute Gasteiger partial charge is 0.339 e. The summed E-state index contributed by atoms with van der Waals surface area (Å²) in [7, 11) is 1.38. The molecule has 0 saturated heterocycles. The second-order valence-corrected chi connectivity index (χ2v) is 4.64. The van der Waals surface area contributed by atoms with Gasteiger partial charge < -0.3 is 10.1 Å². The standard InChI is InChI=1S/C16H16N2O4/c1-10(14(19)18-16(21)17-2)22-15(20)13-9-5-7-11-6-3-4-8-12(11)13/h3-10H,1-2H3,(H2,17,18,19,21). The second kappa shape index (κ2) is 6.71. The van der Waals surface area contributed by atoms with E-state index in [0.717, 1.165) is 10.8 Å². The third-order valence-corrected chi connectivity index (χ3v) is 3.13. The molecule has 0 saturated carbocycles. The van der Waals surface area contributed by atoms with Crippen molar-refractivity contribution in [2.45, 2.75) is 13.0 Å². The minimum atomic E-state index is -1.08. The van der Waals surface area contributed by atoms with Gasteiger partial charge in [-0.3, -0.25) is 10.1 Å². The number of benzene rings is 2. The molecule has 0 heterocycles. The Bertz CT molecular complexity index is 722. The topological polar surface area (TPSA) is 84.5 Å². The molecular formula is C16H16N2O4. The first-order chi connectivity index (χ1) is 10.5. The van der Waals surface area contributed by atoms with Gasteiger partial charge in [0.2, 0.25) is 0 Å². The Hall–Kier alpha value is -2.89. The monoisotopic (exact) mass is 300 g/mol. The lowest BCUT2D eigenvalue weighted by Crippen LogP contribution is -2.43. The van der Waals surface area contributed by atoms with E-state index in [9.17, 15) is 14.4 Å². The molecular weight excluding hydrogens is 284 g/mol. The zero-order chi connectivity index (χ0) is 16.1. The molecule has 6 nitrogen and oxygen atoms in total. The number of urea groups is 1. The van der Waals surface area contributed by atoms with Crippen molar-refractivity contribution in [2.24, 2.45) is 0 Å². The number of imide groups is 1. The van der Waals surface area contributed by atoms with Crippen LogP contribution in [0, 0.1) is 0 Å². The molecule has 0 aliphatic carbocycles. The highest BCUT2D eigenvalue weighted by molar-refractivity contribution is 6.05. The lowest BCUT2D eigenvalue weighted by molar-refractivity contribution is -0.127. The van der Waals surface area contributed by atoms with Crippen LogP contribution in [0.1, 0.15) is 17.3 Å². The van der Waals surface area contributed by atoms with Gasteiger partial charge in [0.15, 0.2) is 6.10 Å². The van der Waals surface area contributed by atoms with Gasteiger partial charge in [-0.25, -0.2) is 9.59 Å². The molecule has 6 heteroatoms. The van der Waals surface area contributed by atoms with Crippen LogP contribution < -0.4 is 10.6 Å². The van der Waals surface area contributed by atoms with E-state index in [1.807, 2.05) is 24.3 Å². The number of nitrogens with one attached hydrogen (secondary N) is 2. The molecule has 1 atom stereocenters. The van der Waals surface area contributed by atoms with Gasteiger partial charge in [-0.15, -0.1) is 0 Å². The maximum absolute atomic E-state index is 12.2. The Morgan fingerprint density at radius 3 is 2.45 bits per heavy atom. The van der Waals surface area contributed by atoms with E-state index in [-0.39, 0.29) is 0 Å². The Morgan fingerprint density at radius 2 is 1.73 bits per heavy atom. The molecule has 0 spiro atoms. The van der Waals surface area contributed by atoms with Gasteiger partial charge in [0.1, 0.15) is 0 Å².